The van der Waals surface area contributed by atoms with E-state index < -0.39 is 0 Å². The molecule has 0 fully saturated rings. The van der Waals surface area contributed by atoms with Crippen LogP contribution in [0.15, 0.2) is 194 Å². The van der Waals surface area contributed by atoms with Crippen LogP contribution in [0.4, 0.5) is 0 Å². The molecule has 0 unspecified atom stereocenters. The minimum Gasteiger partial charge on any atom is -0.497 e. The lowest BCUT2D eigenvalue weighted by molar-refractivity contribution is 0.0583. The van der Waals surface area contributed by atoms with Crippen molar-refractivity contribution in [2.45, 2.75) is 26.2 Å². The third-order valence-corrected chi connectivity index (χ3v) is 19.6. The maximum Gasteiger partial charge on any atom is 0.261 e. The minimum absolute atomic E-state index is 0.136. The highest BCUT2D eigenvalue weighted by Gasteiger charge is 2.40. The van der Waals surface area contributed by atoms with E-state index in [0.29, 0.717) is 89.1 Å². The third kappa shape index (κ3) is 8.34. The number of amides is 8. The van der Waals surface area contributed by atoms with E-state index in [2.05, 4.69) is 0 Å². The molecular formula is C80H52N4O12. The molecule has 8 amide bonds. The molecule has 464 valence electrons. The molecule has 0 N–H and O–H groups in total. The first-order valence-corrected chi connectivity index (χ1v) is 31.1. The Morgan fingerprint density at radius 3 is 0.479 bits per heavy atom. The van der Waals surface area contributed by atoms with E-state index in [1.807, 2.05) is 97.1 Å². The van der Waals surface area contributed by atoms with Gasteiger partial charge in [-0.15, -0.1) is 0 Å². The van der Waals surface area contributed by atoms with Crippen LogP contribution in [-0.2, 0) is 26.2 Å². The number of ether oxygens (including phenoxy) is 4. The number of hydrogen-bond donors (Lipinski definition) is 0. The Kier molecular flexibility index (Phi) is 12.8. The first kappa shape index (κ1) is 57.3. The fraction of sp³-hybridized carbons (Fsp3) is 0.100. The number of carbonyl (C=O) groups excluding carboxylic acids is 8. The van der Waals surface area contributed by atoms with Gasteiger partial charge >= 0.3 is 0 Å². The van der Waals surface area contributed by atoms with Gasteiger partial charge in [0.2, 0.25) is 0 Å². The summed E-state index contributed by atoms with van der Waals surface area (Å²) in [6, 6.07) is 58.8. The summed E-state index contributed by atoms with van der Waals surface area (Å²) in [6.07, 6.45) is 0. The van der Waals surface area contributed by atoms with Gasteiger partial charge < -0.3 is 18.9 Å². The van der Waals surface area contributed by atoms with E-state index in [-0.39, 0.29) is 73.4 Å². The normalized spacial score (nSPS) is 14.3. The van der Waals surface area contributed by atoms with Gasteiger partial charge in [-0.05, 0) is 184 Å². The van der Waals surface area contributed by atoms with Crippen molar-refractivity contribution in [1.82, 2.24) is 19.6 Å². The first-order chi connectivity index (χ1) is 46.7. The Hall–Kier alpha value is -12.6. The molecule has 14 aromatic rings. The van der Waals surface area contributed by atoms with Crippen LogP contribution in [0, 0.1) is 0 Å². The van der Waals surface area contributed by atoms with Crippen LogP contribution in [0.5, 0.6) is 23.0 Å². The Labute approximate surface area is 546 Å². The van der Waals surface area contributed by atoms with Gasteiger partial charge in [-0.25, -0.2) is 0 Å². The monoisotopic (exact) mass is 1260 g/mol. The molecule has 4 heterocycles. The number of fused-ring (bicyclic) bond motifs is 4. The van der Waals surface area contributed by atoms with Gasteiger partial charge in [0.05, 0.1) is 54.6 Å². The van der Waals surface area contributed by atoms with Crippen LogP contribution >= 0.6 is 0 Å². The molecular weight excluding hydrogens is 1210 g/mol. The van der Waals surface area contributed by atoms with Crippen molar-refractivity contribution in [1.29, 1.82) is 0 Å². The lowest BCUT2D eigenvalue weighted by Gasteiger charge is -2.30. The van der Waals surface area contributed by atoms with Crippen LogP contribution in [0.25, 0.3) is 86.2 Å². The first-order valence-electron chi connectivity index (χ1n) is 31.1. The predicted molar refractivity (Wildman–Crippen MR) is 364 cm³/mol. The van der Waals surface area contributed by atoms with Crippen LogP contribution in [0.3, 0.4) is 0 Å². The average Bonchev–Trinajstić information content (AvgIpc) is 0.698. The summed E-state index contributed by atoms with van der Waals surface area (Å²) in [4.78, 5) is 116. The molecule has 16 nitrogen and oxygen atoms in total. The van der Waals surface area contributed by atoms with E-state index >= 15 is 0 Å². The van der Waals surface area contributed by atoms with Gasteiger partial charge in [-0.1, -0.05) is 97.1 Å². The van der Waals surface area contributed by atoms with Gasteiger partial charge in [-0.2, -0.15) is 0 Å². The minimum atomic E-state index is -0.351. The molecule has 4 aliphatic heterocycles. The molecule has 18 rings (SSSR count). The van der Waals surface area contributed by atoms with Crippen LogP contribution in [0.2, 0.25) is 0 Å². The summed E-state index contributed by atoms with van der Waals surface area (Å²) in [6.45, 7) is 0.545. The van der Waals surface area contributed by atoms with E-state index in [1.165, 1.54) is 19.6 Å². The summed E-state index contributed by atoms with van der Waals surface area (Å²) < 4.78 is 21.0. The topological polar surface area (TPSA) is 186 Å². The smallest absolute Gasteiger partial charge is 0.261 e. The largest absolute Gasteiger partial charge is 0.497 e. The van der Waals surface area contributed by atoms with E-state index in [0.717, 1.165) is 86.9 Å². The SMILES string of the molecule is COc1ccc(CN2C(=O)c3ccc4c5ccc6c7c(ccc(c8ccc(c3c48)C2=O)c75)C(=O)N(Cc2ccc(OC)cc2)C6=O)cc1.COc1ccc(CN2C(=O)c3ccc4c5ccc6c7c(ccc(c8ccc(c3c48)C2=O)c75)C(=O)N(Cc2ccc(OC)cc2)C6=O)cc1. The Morgan fingerprint density at radius 2 is 0.344 bits per heavy atom. The van der Waals surface area contributed by atoms with Crippen molar-refractivity contribution in [2.75, 3.05) is 28.4 Å². The quantitative estimate of drug-likeness (QED) is 0.0641. The number of methoxy groups -OCH3 is 4. The second-order valence-corrected chi connectivity index (χ2v) is 24.5. The van der Waals surface area contributed by atoms with Crippen molar-refractivity contribution in [3.8, 4) is 23.0 Å². The fourth-order valence-corrected chi connectivity index (χ4v) is 15.0. The van der Waals surface area contributed by atoms with Crippen molar-refractivity contribution < 1.29 is 57.3 Å². The highest BCUT2D eigenvalue weighted by Crippen LogP contribution is 2.49. The van der Waals surface area contributed by atoms with Crippen molar-refractivity contribution in [3.63, 3.8) is 0 Å². The predicted octanol–water partition coefficient (Wildman–Crippen LogP) is 14.7. The molecule has 0 spiro atoms. The number of hydrogen-bond acceptors (Lipinski definition) is 12. The highest BCUT2D eigenvalue weighted by molar-refractivity contribution is 6.43. The highest BCUT2D eigenvalue weighted by atomic mass is 16.5. The standard InChI is InChI=1S/2C40H26N2O6/c2*1-47-23-7-3-21(4-8-23)19-41-37(43)29-15-11-25-27-13-17-31-36-32(40(46)42(39(31)45)20-22-5-9-24(48-2)10-6-22)18-14-28(34(27)36)26-12-16-30(38(41)44)35(29)33(25)26/h2*3-18H,19-20H2,1-2H3. The summed E-state index contributed by atoms with van der Waals surface area (Å²) in [5.74, 6) is -0.0287. The second kappa shape index (κ2) is 21.5. The molecule has 16 heteroatoms. The molecule has 0 atom stereocenters. The Bertz CT molecular complexity index is 4870. The number of carbonyl (C=O) groups is 8. The van der Waals surface area contributed by atoms with Gasteiger partial charge in [0, 0.05) is 66.1 Å². The molecule has 4 aliphatic rings. The summed E-state index contributed by atoms with van der Waals surface area (Å²) in [5.41, 5.74) is 6.97. The maximum atomic E-state index is 13.9. The van der Waals surface area contributed by atoms with Crippen LogP contribution in [-0.4, -0.2) is 95.3 Å². The number of benzene rings is 14. The second-order valence-electron chi connectivity index (χ2n) is 24.5. The summed E-state index contributed by atoms with van der Waals surface area (Å²) in [7, 11) is 6.35. The zero-order valence-electron chi connectivity index (χ0n) is 52.0. The molecule has 0 bridgehead atoms. The zero-order chi connectivity index (χ0) is 65.7. The maximum absolute atomic E-state index is 13.9. The molecule has 0 aliphatic carbocycles. The molecule has 96 heavy (non-hydrogen) atoms. The third-order valence-electron chi connectivity index (χ3n) is 19.6. The summed E-state index contributed by atoms with van der Waals surface area (Å²) in [5, 5.41) is 12.6. The summed E-state index contributed by atoms with van der Waals surface area (Å²) >= 11 is 0. The van der Waals surface area contributed by atoms with Gasteiger partial charge in [0.15, 0.2) is 0 Å². The molecule has 0 saturated heterocycles. The Balaban J connectivity index is 0.000000145. The van der Waals surface area contributed by atoms with Crippen molar-refractivity contribution in [3.05, 3.63) is 261 Å². The van der Waals surface area contributed by atoms with Crippen LogP contribution < -0.4 is 18.9 Å². The zero-order valence-corrected chi connectivity index (χ0v) is 52.0. The Morgan fingerprint density at radius 1 is 0.198 bits per heavy atom. The van der Waals surface area contributed by atoms with E-state index in [1.54, 1.807) is 126 Å². The van der Waals surface area contributed by atoms with Crippen molar-refractivity contribution >= 4 is 133 Å². The molecule has 14 aromatic carbocycles. The van der Waals surface area contributed by atoms with Gasteiger partial charge in [0.1, 0.15) is 23.0 Å². The number of nitrogens with zero attached hydrogens (tertiary/aromatic N) is 4. The lowest BCUT2D eigenvalue weighted by atomic mass is 9.82. The molecule has 0 saturated carbocycles. The fourth-order valence-electron chi connectivity index (χ4n) is 15.0. The average molecular weight is 1260 g/mol. The molecule has 0 aromatic heterocycles. The van der Waals surface area contributed by atoms with E-state index in [4.69, 9.17) is 18.9 Å². The van der Waals surface area contributed by atoms with Gasteiger partial charge in [-0.3, -0.25) is 58.0 Å². The van der Waals surface area contributed by atoms with Crippen molar-refractivity contribution in [2.24, 2.45) is 0 Å². The number of rotatable bonds is 12. The molecule has 0 radical (unpaired) electrons. The number of imide groups is 4. The van der Waals surface area contributed by atoms with E-state index in [9.17, 15) is 38.4 Å². The lowest BCUT2D eigenvalue weighted by Crippen LogP contribution is -2.40. The van der Waals surface area contributed by atoms with Gasteiger partial charge in [0.25, 0.3) is 47.3 Å². The van der Waals surface area contributed by atoms with Crippen LogP contribution in [0.1, 0.15) is 105 Å².